The minimum atomic E-state index is -0.556. The second-order valence-electron chi connectivity index (χ2n) is 8.28. The van der Waals surface area contributed by atoms with Gasteiger partial charge in [-0.3, -0.25) is 9.59 Å². The number of Topliss-reactive ketones (excluding diaryl/α,β-unsaturated/α-hetero) is 1. The van der Waals surface area contributed by atoms with Crippen molar-refractivity contribution in [3.8, 4) is 0 Å². The molecule has 4 rings (SSSR count). The van der Waals surface area contributed by atoms with Crippen molar-refractivity contribution in [1.29, 1.82) is 0 Å². The van der Waals surface area contributed by atoms with E-state index in [0.29, 0.717) is 39.7 Å². The number of benzene rings is 3. The summed E-state index contributed by atoms with van der Waals surface area (Å²) in [7, 11) is 3.41. The van der Waals surface area contributed by atoms with Crippen molar-refractivity contribution in [3.63, 3.8) is 0 Å². The Balaban J connectivity index is 1.63. The maximum atomic E-state index is 13.8. The molecule has 0 radical (unpaired) electrons. The Labute approximate surface area is 208 Å². The number of ketones is 1. The molecule has 4 aromatic rings. The maximum Gasteiger partial charge on any atom is 0.255 e. The number of carbonyl (C=O) groups is 2. The van der Waals surface area contributed by atoms with Gasteiger partial charge < -0.3 is 15.2 Å². The van der Waals surface area contributed by atoms with Gasteiger partial charge in [-0.2, -0.15) is 0 Å². The van der Waals surface area contributed by atoms with Gasteiger partial charge in [0.1, 0.15) is 0 Å². The predicted octanol–water partition coefficient (Wildman–Crippen LogP) is 5.93. The molecule has 0 aliphatic heterocycles. The van der Waals surface area contributed by atoms with Crippen LogP contribution in [-0.4, -0.2) is 42.2 Å². The normalized spacial score (nSPS) is 12.0. The first kappa shape index (κ1) is 24.0. The van der Waals surface area contributed by atoms with Crippen LogP contribution in [0.1, 0.15) is 37.9 Å². The highest BCUT2D eigenvalue weighted by atomic mass is 35.5. The summed E-state index contributed by atoms with van der Waals surface area (Å²) in [5.41, 5.74) is 3.54. The average molecular weight is 494 g/mol. The molecule has 1 atom stereocenters. The monoisotopic (exact) mass is 493 g/mol. The number of carbonyl (C=O) groups excluding carboxylic acids is 2. The molecule has 1 aromatic heterocycles. The zero-order chi connectivity index (χ0) is 24.2. The smallest absolute Gasteiger partial charge is 0.255 e. The van der Waals surface area contributed by atoms with Crippen molar-refractivity contribution in [2.24, 2.45) is 0 Å². The predicted molar refractivity (Wildman–Crippen MR) is 138 cm³/mol. The van der Waals surface area contributed by atoms with Gasteiger partial charge in [0.25, 0.3) is 5.91 Å². The number of fused-ring (bicyclic) bond motifs is 1. The molecule has 0 saturated carbocycles. The van der Waals surface area contributed by atoms with E-state index < -0.39 is 6.04 Å². The fraction of sp³-hybridized carbons (Fsp3) is 0.185. The van der Waals surface area contributed by atoms with Gasteiger partial charge in [-0.25, -0.2) is 0 Å². The summed E-state index contributed by atoms with van der Waals surface area (Å²) in [5, 5.41) is 5.32. The van der Waals surface area contributed by atoms with Gasteiger partial charge in [0.2, 0.25) is 0 Å². The number of aromatic amines is 1. The van der Waals surface area contributed by atoms with Gasteiger partial charge in [0, 0.05) is 47.8 Å². The maximum absolute atomic E-state index is 13.8. The number of para-hydroxylation sites is 1. The highest BCUT2D eigenvalue weighted by Crippen LogP contribution is 2.28. The van der Waals surface area contributed by atoms with E-state index in [4.69, 9.17) is 23.2 Å². The third kappa shape index (κ3) is 5.02. The van der Waals surface area contributed by atoms with Crippen LogP contribution in [0.3, 0.4) is 0 Å². The first-order valence-electron chi connectivity index (χ1n) is 10.9. The summed E-state index contributed by atoms with van der Waals surface area (Å²) in [4.78, 5) is 31.0. The number of hydrogen-bond acceptors (Lipinski definition) is 3. The van der Waals surface area contributed by atoms with Crippen LogP contribution in [0.25, 0.3) is 10.9 Å². The number of halogens is 2. The van der Waals surface area contributed by atoms with Gasteiger partial charge >= 0.3 is 0 Å². The van der Waals surface area contributed by atoms with Crippen molar-refractivity contribution in [1.82, 2.24) is 15.2 Å². The Morgan fingerprint density at radius 2 is 1.74 bits per heavy atom. The molecule has 174 valence electrons. The van der Waals surface area contributed by atoms with Crippen LogP contribution in [0.15, 0.2) is 72.9 Å². The van der Waals surface area contributed by atoms with E-state index >= 15 is 0 Å². The molecular formula is C27H25Cl2N3O2. The topological polar surface area (TPSA) is 65.2 Å². The zero-order valence-electron chi connectivity index (χ0n) is 18.9. The third-order valence-electron chi connectivity index (χ3n) is 5.77. The first-order chi connectivity index (χ1) is 16.4. The van der Waals surface area contributed by atoms with Crippen LogP contribution in [0.4, 0.5) is 0 Å². The van der Waals surface area contributed by atoms with Crippen molar-refractivity contribution in [3.05, 3.63) is 105 Å². The van der Waals surface area contributed by atoms with Crippen molar-refractivity contribution < 1.29 is 9.59 Å². The lowest BCUT2D eigenvalue weighted by Crippen LogP contribution is -2.30. The standard InChI is InChI=1S/C27H25Cl2N3O2/c1-32(2)27(34)21-10-6-9-20-22(16-31-25(20)21)26(33)24(18-7-4-3-5-8-18)30-14-13-17-11-12-19(28)15-23(17)29/h3-12,15-16,24,30-31H,13-14H2,1-2H3. The molecule has 34 heavy (non-hydrogen) atoms. The number of amides is 1. The Hall–Kier alpha value is -3.12. The number of hydrogen-bond donors (Lipinski definition) is 2. The van der Waals surface area contributed by atoms with Crippen LogP contribution < -0.4 is 5.32 Å². The molecule has 1 heterocycles. The van der Waals surface area contributed by atoms with E-state index in [9.17, 15) is 9.59 Å². The van der Waals surface area contributed by atoms with Crippen LogP contribution in [0.5, 0.6) is 0 Å². The first-order valence-corrected chi connectivity index (χ1v) is 11.7. The molecule has 0 fully saturated rings. The Morgan fingerprint density at radius 3 is 2.44 bits per heavy atom. The molecule has 7 heteroatoms. The lowest BCUT2D eigenvalue weighted by atomic mass is 9.96. The lowest BCUT2D eigenvalue weighted by Gasteiger charge is -2.18. The van der Waals surface area contributed by atoms with E-state index in [1.807, 2.05) is 42.5 Å². The van der Waals surface area contributed by atoms with Gasteiger partial charge in [0.15, 0.2) is 5.78 Å². The SMILES string of the molecule is CN(C)C(=O)c1cccc2c(C(=O)C(NCCc3ccc(Cl)cc3Cl)c3ccccc3)c[nH]c12. The number of nitrogens with one attached hydrogen (secondary N) is 2. The molecule has 3 aromatic carbocycles. The molecule has 0 bridgehead atoms. The van der Waals surface area contributed by atoms with Gasteiger partial charge in [0.05, 0.1) is 17.1 Å². The summed E-state index contributed by atoms with van der Waals surface area (Å²) in [6.45, 7) is 0.541. The van der Waals surface area contributed by atoms with E-state index in [1.54, 1.807) is 44.6 Å². The summed E-state index contributed by atoms with van der Waals surface area (Å²) in [6.07, 6.45) is 2.33. The Bertz CT molecular complexity index is 1330. The van der Waals surface area contributed by atoms with E-state index in [2.05, 4.69) is 10.3 Å². The second kappa shape index (κ2) is 10.4. The minimum absolute atomic E-state index is 0.0749. The van der Waals surface area contributed by atoms with Gasteiger partial charge in [-0.15, -0.1) is 0 Å². The van der Waals surface area contributed by atoms with Crippen LogP contribution in [-0.2, 0) is 6.42 Å². The van der Waals surface area contributed by atoms with Crippen molar-refractivity contribution in [2.75, 3.05) is 20.6 Å². The van der Waals surface area contributed by atoms with Gasteiger partial charge in [-0.1, -0.05) is 71.7 Å². The zero-order valence-corrected chi connectivity index (χ0v) is 20.5. The summed E-state index contributed by atoms with van der Waals surface area (Å²) >= 11 is 12.3. The average Bonchev–Trinajstić information content (AvgIpc) is 3.27. The third-order valence-corrected chi connectivity index (χ3v) is 6.36. The molecule has 0 aliphatic carbocycles. The molecule has 0 saturated heterocycles. The molecule has 2 N–H and O–H groups in total. The van der Waals surface area contributed by atoms with Crippen LogP contribution in [0.2, 0.25) is 10.0 Å². The number of nitrogens with zero attached hydrogens (tertiary/aromatic N) is 1. The number of aromatic nitrogens is 1. The van der Waals surface area contributed by atoms with Crippen molar-refractivity contribution in [2.45, 2.75) is 12.5 Å². The van der Waals surface area contributed by atoms with Crippen LogP contribution >= 0.6 is 23.2 Å². The highest BCUT2D eigenvalue weighted by Gasteiger charge is 2.25. The van der Waals surface area contributed by atoms with Crippen LogP contribution in [0, 0.1) is 0 Å². The highest BCUT2D eigenvalue weighted by molar-refractivity contribution is 6.35. The summed E-state index contributed by atoms with van der Waals surface area (Å²) in [5.74, 6) is -0.196. The molecule has 5 nitrogen and oxygen atoms in total. The largest absolute Gasteiger partial charge is 0.360 e. The van der Waals surface area contributed by atoms with Gasteiger partial charge in [-0.05, 0) is 35.7 Å². The molecule has 0 spiro atoms. The van der Waals surface area contributed by atoms with Crippen molar-refractivity contribution >= 4 is 45.8 Å². The molecule has 1 amide bonds. The minimum Gasteiger partial charge on any atom is -0.360 e. The van der Waals surface area contributed by atoms with E-state index in [-0.39, 0.29) is 11.7 Å². The fourth-order valence-electron chi connectivity index (χ4n) is 4.02. The number of rotatable bonds is 8. The summed E-state index contributed by atoms with van der Waals surface area (Å²) in [6, 6.07) is 19.9. The van der Waals surface area contributed by atoms with E-state index in [0.717, 1.165) is 16.5 Å². The number of H-pyrrole nitrogens is 1. The Morgan fingerprint density at radius 1 is 0.971 bits per heavy atom. The molecular weight excluding hydrogens is 469 g/mol. The second-order valence-corrected chi connectivity index (χ2v) is 9.12. The molecule has 1 unspecified atom stereocenters. The quantitative estimate of drug-likeness (QED) is 0.299. The fourth-order valence-corrected chi connectivity index (χ4v) is 4.52. The summed E-state index contributed by atoms with van der Waals surface area (Å²) < 4.78 is 0. The van der Waals surface area contributed by atoms with E-state index in [1.165, 1.54) is 4.90 Å². The molecule has 0 aliphatic rings. The lowest BCUT2D eigenvalue weighted by molar-refractivity contribution is 0.0828. The Kier molecular flexibility index (Phi) is 7.37.